The molecule has 6 nitrogen and oxygen atoms in total. The number of nitrogens with zero attached hydrogens (tertiary/aromatic N) is 3. The average molecular weight is 785 g/mol. The Morgan fingerprint density at radius 3 is 1.85 bits per heavy atom. The Bertz CT molecular complexity index is 3510. The van der Waals surface area contributed by atoms with Crippen molar-refractivity contribution in [1.29, 1.82) is 0 Å². The molecule has 2 unspecified atom stereocenters. The van der Waals surface area contributed by atoms with E-state index in [0.29, 0.717) is 5.69 Å². The number of amidine groups is 1. The van der Waals surface area contributed by atoms with Crippen LogP contribution in [0.4, 0.5) is 5.69 Å². The van der Waals surface area contributed by atoms with Crippen molar-refractivity contribution in [3.05, 3.63) is 223 Å². The number of nitrogen functional groups attached to an aromatic ring is 1. The number of hydrogen-bond donors (Lipinski definition) is 3. The fourth-order valence-corrected chi connectivity index (χ4v) is 9.44. The lowest BCUT2D eigenvalue weighted by Crippen LogP contribution is -2.45. The molecular formula is C55H40N6. The summed E-state index contributed by atoms with van der Waals surface area (Å²) in [4.78, 5) is 5.31. The van der Waals surface area contributed by atoms with Crippen molar-refractivity contribution in [3.63, 3.8) is 0 Å². The minimum Gasteiger partial charge on any atom is -0.399 e. The fourth-order valence-electron chi connectivity index (χ4n) is 9.44. The molecule has 0 amide bonds. The van der Waals surface area contributed by atoms with Gasteiger partial charge in [0.25, 0.3) is 0 Å². The average Bonchev–Trinajstić information content (AvgIpc) is 3.83. The summed E-state index contributed by atoms with van der Waals surface area (Å²) in [7, 11) is 0. The molecule has 3 heterocycles. The molecule has 290 valence electrons. The number of rotatable bonds is 6. The summed E-state index contributed by atoms with van der Waals surface area (Å²) in [6, 6.07) is 73.5. The van der Waals surface area contributed by atoms with Crippen molar-refractivity contribution in [3.8, 4) is 22.5 Å². The molecule has 9 aromatic carbocycles. The van der Waals surface area contributed by atoms with Crippen LogP contribution in [0.2, 0.25) is 0 Å². The Kier molecular flexibility index (Phi) is 8.11. The molecule has 1 aliphatic heterocycles. The molecule has 6 heteroatoms. The van der Waals surface area contributed by atoms with E-state index in [1.807, 2.05) is 12.1 Å². The van der Waals surface area contributed by atoms with Crippen molar-refractivity contribution in [2.24, 2.45) is 4.99 Å². The third kappa shape index (κ3) is 5.87. The predicted octanol–water partition coefficient (Wildman–Crippen LogP) is 12.6. The number of fused-ring (bicyclic) bond motifs is 7. The third-order valence-electron chi connectivity index (χ3n) is 12.3. The summed E-state index contributed by atoms with van der Waals surface area (Å²) in [6.45, 7) is 0. The highest BCUT2D eigenvalue weighted by molar-refractivity contribution is 6.19. The van der Waals surface area contributed by atoms with Crippen LogP contribution in [0, 0.1) is 0 Å². The Labute approximate surface area is 352 Å². The van der Waals surface area contributed by atoms with Gasteiger partial charge in [-0.1, -0.05) is 146 Å². The number of aliphatic imine (C=N–C) groups is 1. The molecule has 0 saturated carbocycles. The van der Waals surface area contributed by atoms with Gasteiger partial charge in [0.05, 0.1) is 27.8 Å². The van der Waals surface area contributed by atoms with Crippen LogP contribution in [0.5, 0.6) is 0 Å². The molecule has 1 aliphatic rings. The van der Waals surface area contributed by atoms with Gasteiger partial charge in [-0.15, -0.1) is 0 Å². The maximum Gasteiger partial charge on any atom is 0.131 e. The Balaban J connectivity index is 1.07. The summed E-state index contributed by atoms with van der Waals surface area (Å²) in [5.41, 5.74) is 19.6. The lowest BCUT2D eigenvalue weighted by molar-refractivity contribution is 0.408. The monoisotopic (exact) mass is 784 g/mol. The fraction of sp³-hybridized carbons (Fsp3) is 0.0364. The van der Waals surface area contributed by atoms with Crippen molar-refractivity contribution in [2.75, 3.05) is 5.73 Å². The van der Waals surface area contributed by atoms with Gasteiger partial charge in [-0.2, -0.15) is 0 Å². The number of nitrogens with one attached hydrogen (secondary N) is 2. The van der Waals surface area contributed by atoms with Gasteiger partial charge in [-0.05, 0) is 88.1 Å². The number of benzene rings is 9. The van der Waals surface area contributed by atoms with E-state index in [4.69, 9.17) is 10.7 Å². The largest absolute Gasteiger partial charge is 0.399 e. The first-order valence-corrected chi connectivity index (χ1v) is 20.8. The van der Waals surface area contributed by atoms with Crippen LogP contribution in [0.25, 0.3) is 76.9 Å². The molecule has 0 bridgehead atoms. The molecule has 0 saturated heterocycles. The zero-order valence-corrected chi connectivity index (χ0v) is 33.2. The topological polar surface area (TPSA) is 72.3 Å². The molecule has 2 aromatic heterocycles. The molecule has 2 atom stereocenters. The molecule has 61 heavy (non-hydrogen) atoms. The zero-order valence-electron chi connectivity index (χ0n) is 33.2. The second-order valence-corrected chi connectivity index (χ2v) is 15.9. The molecule has 4 N–H and O–H groups in total. The summed E-state index contributed by atoms with van der Waals surface area (Å²) in [5, 5.41) is 15.0. The molecule has 0 fully saturated rings. The van der Waals surface area contributed by atoms with Crippen LogP contribution in [0.15, 0.2) is 211 Å². The van der Waals surface area contributed by atoms with Gasteiger partial charge < -0.3 is 20.2 Å². The van der Waals surface area contributed by atoms with Crippen molar-refractivity contribution >= 4 is 65.9 Å². The lowest BCUT2D eigenvalue weighted by atomic mass is 10.0. The van der Waals surface area contributed by atoms with Crippen LogP contribution in [0.3, 0.4) is 0 Å². The number of hydrogen-bond acceptors (Lipinski definition) is 4. The Hall–Kier alpha value is -7.93. The third-order valence-corrected chi connectivity index (χ3v) is 12.3. The zero-order chi connectivity index (χ0) is 40.4. The highest BCUT2D eigenvalue weighted by Gasteiger charge is 2.29. The summed E-state index contributed by atoms with van der Waals surface area (Å²) in [6.07, 6.45) is -0.685. The first-order valence-electron chi connectivity index (χ1n) is 20.8. The Morgan fingerprint density at radius 2 is 1.08 bits per heavy atom. The molecule has 12 rings (SSSR count). The van der Waals surface area contributed by atoms with E-state index in [1.165, 1.54) is 43.4 Å². The van der Waals surface area contributed by atoms with Gasteiger partial charge >= 0.3 is 0 Å². The SMILES string of the molecule is Nc1ccc(-n2c3ccccc3c3cc4c5ccccc5n(-c5ccc6ccccc6c5)c4cc32)c(C2NC(c3ccccc3)=NC(c3cccc(-c4ccccc4)c3)N2)c1. The maximum absolute atomic E-state index is 6.73. The van der Waals surface area contributed by atoms with E-state index in [9.17, 15) is 0 Å². The first-order chi connectivity index (χ1) is 30.1. The first kappa shape index (κ1) is 35.1. The minimum absolute atomic E-state index is 0.338. The second-order valence-electron chi connectivity index (χ2n) is 15.9. The summed E-state index contributed by atoms with van der Waals surface area (Å²) < 4.78 is 4.84. The summed E-state index contributed by atoms with van der Waals surface area (Å²) >= 11 is 0. The van der Waals surface area contributed by atoms with Gasteiger partial charge in [0.1, 0.15) is 18.2 Å². The van der Waals surface area contributed by atoms with Crippen LogP contribution < -0.4 is 16.4 Å². The van der Waals surface area contributed by atoms with E-state index in [-0.39, 0.29) is 12.3 Å². The minimum atomic E-state index is -0.347. The Morgan fingerprint density at radius 1 is 0.443 bits per heavy atom. The molecular weight excluding hydrogens is 745 g/mol. The van der Waals surface area contributed by atoms with E-state index < -0.39 is 0 Å². The smallest absolute Gasteiger partial charge is 0.131 e. The van der Waals surface area contributed by atoms with Crippen LogP contribution in [-0.4, -0.2) is 15.0 Å². The molecule has 0 radical (unpaired) electrons. The second kappa shape index (κ2) is 14.1. The van der Waals surface area contributed by atoms with Crippen molar-refractivity contribution < 1.29 is 0 Å². The molecule has 11 aromatic rings. The van der Waals surface area contributed by atoms with E-state index in [1.54, 1.807) is 0 Å². The predicted molar refractivity (Wildman–Crippen MR) is 254 cm³/mol. The standard InChI is InChI=1S/C55H40N6/c56-41-27-29-50(47(32-41)55-58-53(37-17-5-2-6-18-37)57-54(59-55)40-21-13-20-38(30-40)35-14-3-1-4-15-35)61-49-25-12-10-23-44(49)46-33-45-43-22-9-11-24-48(43)60(51(45)34-52(46)61)42-28-26-36-16-7-8-19-39(36)31-42/h1-34,54-55,59H,56H2,(H,57,58). The lowest BCUT2D eigenvalue weighted by Gasteiger charge is -2.33. The molecule has 0 spiro atoms. The van der Waals surface area contributed by atoms with E-state index in [2.05, 4.69) is 214 Å². The van der Waals surface area contributed by atoms with Gasteiger partial charge in [0.15, 0.2) is 0 Å². The number of anilines is 1. The van der Waals surface area contributed by atoms with Crippen LogP contribution in [0.1, 0.15) is 29.0 Å². The van der Waals surface area contributed by atoms with Crippen molar-refractivity contribution in [1.82, 2.24) is 19.8 Å². The number of aromatic nitrogens is 2. The van der Waals surface area contributed by atoms with Gasteiger partial charge in [0.2, 0.25) is 0 Å². The quantitative estimate of drug-likeness (QED) is 0.147. The van der Waals surface area contributed by atoms with E-state index in [0.717, 1.165) is 56.0 Å². The van der Waals surface area contributed by atoms with E-state index >= 15 is 0 Å². The normalized spacial score (nSPS) is 15.4. The van der Waals surface area contributed by atoms with Crippen LogP contribution in [-0.2, 0) is 0 Å². The highest BCUT2D eigenvalue weighted by atomic mass is 15.3. The number of nitrogens with two attached hydrogens (primary N) is 1. The molecule has 0 aliphatic carbocycles. The highest BCUT2D eigenvalue weighted by Crippen LogP contribution is 2.41. The van der Waals surface area contributed by atoms with Crippen LogP contribution >= 0.6 is 0 Å². The van der Waals surface area contributed by atoms with Gasteiger partial charge in [-0.25, -0.2) is 4.99 Å². The summed E-state index contributed by atoms with van der Waals surface area (Å²) in [5.74, 6) is 0.816. The van der Waals surface area contributed by atoms with Gasteiger partial charge in [0, 0.05) is 44.0 Å². The maximum atomic E-state index is 6.73. The van der Waals surface area contributed by atoms with Crippen molar-refractivity contribution in [2.45, 2.75) is 12.3 Å². The number of para-hydroxylation sites is 2. The van der Waals surface area contributed by atoms with Gasteiger partial charge in [-0.3, -0.25) is 5.32 Å².